The SMILES string of the molecule is CCCCC(C(=O)OCl)c1ccccc1Cl. The van der Waals surface area contributed by atoms with Crippen LogP contribution >= 0.6 is 23.5 Å². The second kappa shape index (κ2) is 6.77. The Morgan fingerprint density at radius 1 is 1.44 bits per heavy atom. The highest BCUT2D eigenvalue weighted by Crippen LogP contribution is 2.29. The van der Waals surface area contributed by atoms with Crippen molar-refractivity contribution in [1.82, 2.24) is 0 Å². The Morgan fingerprint density at radius 2 is 2.12 bits per heavy atom. The van der Waals surface area contributed by atoms with Gasteiger partial charge in [-0.05, 0) is 18.1 Å². The van der Waals surface area contributed by atoms with E-state index in [1.54, 1.807) is 6.07 Å². The van der Waals surface area contributed by atoms with Gasteiger partial charge in [0, 0.05) is 5.02 Å². The lowest BCUT2D eigenvalue weighted by atomic mass is 9.94. The van der Waals surface area contributed by atoms with Gasteiger partial charge in [-0.15, -0.1) is 0 Å². The molecule has 1 aromatic carbocycles. The smallest absolute Gasteiger partial charge is 0.332 e. The fraction of sp³-hybridized carbons (Fsp3) is 0.417. The molecule has 0 saturated heterocycles. The highest BCUT2D eigenvalue weighted by Gasteiger charge is 2.23. The summed E-state index contributed by atoms with van der Waals surface area (Å²) in [5.74, 6) is -0.811. The zero-order chi connectivity index (χ0) is 12.0. The van der Waals surface area contributed by atoms with E-state index in [4.69, 9.17) is 23.5 Å². The molecule has 16 heavy (non-hydrogen) atoms. The van der Waals surface area contributed by atoms with Crippen molar-refractivity contribution < 1.29 is 9.08 Å². The highest BCUT2D eigenvalue weighted by atomic mass is 35.5. The van der Waals surface area contributed by atoms with E-state index < -0.39 is 5.97 Å². The molecule has 0 aliphatic carbocycles. The monoisotopic (exact) mass is 260 g/mol. The van der Waals surface area contributed by atoms with Gasteiger partial charge in [0.05, 0.1) is 5.92 Å². The minimum absolute atomic E-state index is 0.369. The summed E-state index contributed by atoms with van der Waals surface area (Å²) in [6, 6.07) is 7.27. The van der Waals surface area contributed by atoms with E-state index in [0.29, 0.717) is 11.4 Å². The molecule has 1 rings (SSSR count). The lowest BCUT2D eigenvalue weighted by Gasteiger charge is -2.14. The summed E-state index contributed by atoms with van der Waals surface area (Å²) in [4.78, 5) is 11.6. The van der Waals surface area contributed by atoms with E-state index in [0.717, 1.165) is 18.4 Å². The summed E-state index contributed by atoms with van der Waals surface area (Å²) in [6.45, 7) is 2.07. The Bertz CT molecular complexity index is 353. The number of hydrogen-bond donors (Lipinski definition) is 0. The van der Waals surface area contributed by atoms with E-state index in [-0.39, 0.29) is 5.92 Å². The molecule has 0 fully saturated rings. The lowest BCUT2D eigenvalue weighted by molar-refractivity contribution is -0.135. The molecule has 88 valence electrons. The topological polar surface area (TPSA) is 26.3 Å². The average Bonchev–Trinajstić information content (AvgIpc) is 2.31. The van der Waals surface area contributed by atoms with Crippen molar-refractivity contribution in [2.24, 2.45) is 0 Å². The normalized spacial score (nSPS) is 12.2. The number of rotatable bonds is 5. The van der Waals surface area contributed by atoms with Crippen LogP contribution in [0.1, 0.15) is 37.7 Å². The van der Waals surface area contributed by atoms with Crippen LogP contribution in [0.2, 0.25) is 5.02 Å². The maximum atomic E-state index is 11.6. The largest absolute Gasteiger partial charge is 0.347 e. The van der Waals surface area contributed by atoms with Crippen molar-refractivity contribution in [2.45, 2.75) is 32.1 Å². The van der Waals surface area contributed by atoms with E-state index in [1.165, 1.54) is 0 Å². The van der Waals surface area contributed by atoms with Crippen LogP contribution in [0.4, 0.5) is 0 Å². The molecule has 0 aromatic heterocycles. The number of halogens is 2. The van der Waals surface area contributed by atoms with Crippen LogP contribution in [0.3, 0.4) is 0 Å². The summed E-state index contributed by atoms with van der Waals surface area (Å²) in [5.41, 5.74) is 0.781. The number of unbranched alkanes of at least 4 members (excludes halogenated alkanes) is 1. The van der Waals surface area contributed by atoms with Crippen molar-refractivity contribution in [3.05, 3.63) is 34.9 Å². The first-order valence-electron chi connectivity index (χ1n) is 5.27. The second-order valence-electron chi connectivity index (χ2n) is 3.61. The van der Waals surface area contributed by atoms with Crippen molar-refractivity contribution in [3.8, 4) is 0 Å². The van der Waals surface area contributed by atoms with Gasteiger partial charge in [0.25, 0.3) is 0 Å². The Morgan fingerprint density at radius 3 is 2.69 bits per heavy atom. The molecule has 1 aromatic rings. The Hall–Kier alpha value is -0.730. The van der Waals surface area contributed by atoms with Crippen LogP contribution in [-0.4, -0.2) is 5.97 Å². The molecule has 0 amide bonds. The number of carbonyl (C=O) groups is 1. The molecule has 1 unspecified atom stereocenters. The molecule has 0 heterocycles. The lowest BCUT2D eigenvalue weighted by Crippen LogP contribution is -2.13. The summed E-state index contributed by atoms with van der Waals surface area (Å²) < 4.78 is 4.29. The maximum Gasteiger partial charge on any atom is 0.332 e. The molecule has 2 nitrogen and oxygen atoms in total. The summed E-state index contributed by atoms with van der Waals surface area (Å²) in [5, 5.41) is 0.575. The molecule has 0 radical (unpaired) electrons. The van der Waals surface area contributed by atoms with Crippen molar-refractivity contribution in [2.75, 3.05) is 0 Å². The van der Waals surface area contributed by atoms with Crippen molar-refractivity contribution in [1.29, 1.82) is 0 Å². The molecule has 0 saturated carbocycles. The molecule has 0 spiro atoms. The predicted molar refractivity (Wildman–Crippen MR) is 65.7 cm³/mol. The Kier molecular flexibility index (Phi) is 5.64. The fourth-order valence-electron chi connectivity index (χ4n) is 1.62. The minimum atomic E-state index is -0.441. The number of benzene rings is 1. The number of carbonyl (C=O) groups excluding carboxylic acids is 1. The van der Waals surface area contributed by atoms with Crippen LogP contribution in [0.25, 0.3) is 0 Å². The molecule has 0 N–H and O–H groups in total. The number of hydrogen-bond acceptors (Lipinski definition) is 2. The quantitative estimate of drug-likeness (QED) is 0.789. The van der Waals surface area contributed by atoms with Crippen LogP contribution in [-0.2, 0) is 9.08 Å². The van der Waals surface area contributed by atoms with Gasteiger partial charge in [0.2, 0.25) is 0 Å². The molecule has 0 bridgehead atoms. The first-order valence-corrected chi connectivity index (χ1v) is 5.96. The van der Waals surface area contributed by atoms with Crippen LogP contribution in [0, 0.1) is 0 Å². The Labute approximate surface area is 106 Å². The van der Waals surface area contributed by atoms with Crippen LogP contribution < -0.4 is 0 Å². The zero-order valence-corrected chi connectivity index (χ0v) is 10.6. The molecule has 0 aliphatic heterocycles. The van der Waals surface area contributed by atoms with E-state index >= 15 is 0 Å². The summed E-state index contributed by atoms with van der Waals surface area (Å²) in [6.07, 6.45) is 2.64. The Balaban J connectivity index is 2.92. The molecule has 0 aliphatic rings. The maximum absolute atomic E-state index is 11.6. The molecule has 4 heteroatoms. The predicted octanol–water partition coefficient (Wildman–Crippen LogP) is 4.31. The summed E-state index contributed by atoms with van der Waals surface area (Å²) in [7, 11) is 0. The fourth-order valence-corrected chi connectivity index (χ4v) is 2.00. The minimum Gasteiger partial charge on any atom is -0.347 e. The van der Waals surface area contributed by atoms with Gasteiger partial charge in [-0.1, -0.05) is 49.6 Å². The zero-order valence-electron chi connectivity index (χ0n) is 9.08. The van der Waals surface area contributed by atoms with E-state index in [9.17, 15) is 4.79 Å². The molecular formula is C12H14Cl2O2. The standard InChI is InChI=1S/C12H14Cl2O2/c1-2-3-6-10(12(15)16-14)9-7-4-5-8-11(9)13/h4-5,7-8,10H,2-3,6H2,1H3. The van der Waals surface area contributed by atoms with Crippen LogP contribution in [0.15, 0.2) is 24.3 Å². The van der Waals surface area contributed by atoms with Gasteiger partial charge in [-0.3, -0.25) is 0 Å². The first kappa shape index (κ1) is 13.3. The van der Waals surface area contributed by atoms with Gasteiger partial charge in [0.15, 0.2) is 0 Å². The van der Waals surface area contributed by atoms with Gasteiger partial charge in [-0.2, -0.15) is 0 Å². The highest BCUT2D eigenvalue weighted by molar-refractivity contribution is 6.31. The third-order valence-corrected chi connectivity index (χ3v) is 2.98. The second-order valence-corrected chi connectivity index (χ2v) is 4.17. The summed E-state index contributed by atoms with van der Waals surface area (Å²) >= 11 is 11.2. The van der Waals surface area contributed by atoms with Gasteiger partial charge in [-0.25, -0.2) is 4.79 Å². The van der Waals surface area contributed by atoms with Crippen LogP contribution in [0.5, 0.6) is 0 Å². The van der Waals surface area contributed by atoms with E-state index in [2.05, 4.69) is 11.2 Å². The first-order chi connectivity index (χ1) is 7.70. The molecule has 1 atom stereocenters. The third kappa shape index (κ3) is 3.39. The van der Waals surface area contributed by atoms with Crippen molar-refractivity contribution >= 4 is 29.4 Å². The molecular weight excluding hydrogens is 247 g/mol. The van der Waals surface area contributed by atoms with Gasteiger partial charge in [0.1, 0.15) is 11.9 Å². The van der Waals surface area contributed by atoms with Gasteiger partial charge < -0.3 is 4.29 Å². The van der Waals surface area contributed by atoms with E-state index in [1.807, 2.05) is 18.2 Å². The third-order valence-electron chi connectivity index (χ3n) is 2.49. The average molecular weight is 261 g/mol. The van der Waals surface area contributed by atoms with Gasteiger partial charge >= 0.3 is 5.97 Å². The van der Waals surface area contributed by atoms with Crippen molar-refractivity contribution in [3.63, 3.8) is 0 Å².